The van der Waals surface area contributed by atoms with Crippen LogP contribution in [0.4, 0.5) is 5.82 Å². The van der Waals surface area contributed by atoms with Crippen molar-refractivity contribution in [2.24, 2.45) is 0 Å². The summed E-state index contributed by atoms with van der Waals surface area (Å²) in [6, 6.07) is 2.33. The third kappa shape index (κ3) is 5.42. The van der Waals surface area contributed by atoms with Crippen LogP contribution in [0.25, 0.3) is 11.0 Å². The summed E-state index contributed by atoms with van der Waals surface area (Å²) in [5, 5.41) is 8.12. The highest BCUT2D eigenvalue weighted by Crippen LogP contribution is 2.25. The molecule has 0 radical (unpaired) electrons. The summed E-state index contributed by atoms with van der Waals surface area (Å²) >= 11 is 0. The summed E-state index contributed by atoms with van der Waals surface area (Å²) in [5.74, 6) is 1.05. The van der Waals surface area contributed by atoms with E-state index in [-0.39, 0.29) is 5.91 Å². The van der Waals surface area contributed by atoms with Gasteiger partial charge in [0.1, 0.15) is 0 Å². The minimum Gasteiger partial charge on any atom is -0.354 e. The second-order valence-electron chi connectivity index (χ2n) is 7.33. The molecule has 148 valence electrons. The van der Waals surface area contributed by atoms with Crippen LogP contribution in [0.2, 0.25) is 0 Å². The van der Waals surface area contributed by atoms with Gasteiger partial charge in [0.25, 0.3) is 0 Å². The number of fused-ring (bicyclic) bond motifs is 1. The lowest BCUT2D eigenvalue weighted by Crippen LogP contribution is -2.46. The molecule has 2 aliphatic rings. The Morgan fingerprint density at radius 3 is 2.63 bits per heavy atom. The van der Waals surface area contributed by atoms with Crippen molar-refractivity contribution in [3.05, 3.63) is 18.5 Å². The van der Waals surface area contributed by atoms with E-state index < -0.39 is 0 Å². The summed E-state index contributed by atoms with van der Waals surface area (Å²) in [4.78, 5) is 19.5. The van der Waals surface area contributed by atoms with Crippen LogP contribution in [0.3, 0.4) is 0 Å². The van der Waals surface area contributed by atoms with E-state index in [9.17, 15) is 4.79 Å². The molecular formula is C20H31N5O2. The number of nitrogens with zero attached hydrogens (tertiary/aromatic N) is 4. The first kappa shape index (κ1) is 19.6. The molecule has 0 bridgehead atoms. The Morgan fingerprint density at radius 1 is 1.22 bits per heavy atom. The van der Waals surface area contributed by atoms with E-state index in [1.807, 2.05) is 12.3 Å². The van der Waals surface area contributed by atoms with E-state index in [0.29, 0.717) is 6.04 Å². The molecule has 1 saturated carbocycles. The van der Waals surface area contributed by atoms with E-state index in [0.717, 1.165) is 49.5 Å². The number of piperazine rings is 1. The zero-order valence-corrected chi connectivity index (χ0v) is 16.5. The predicted octanol–water partition coefficient (Wildman–Crippen LogP) is 2.82. The minimum atomic E-state index is 0.118. The van der Waals surface area contributed by atoms with Gasteiger partial charge in [-0.25, -0.2) is 0 Å². The largest absolute Gasteiger partial charge is 0.354 e. The van der Waals surface area contributed by atoms with Gasteiger partial charge in [-0.1, -0.05) is 31.3 Å². The lowest BCUT2D eigenvalue weighted by atomic mass is 9.95. The molecule has 2 aromatic rings. The number of anilines is 1. The van der Waals surface area contributed by atoms with E-state index in [4.69, 9.17) is 4.52 Å². The van der Waals surface area contributed by atoms with Crippen LogP contribution >= 0.6 is 0 Å². The molecular weight excluding hydrogens is 342 g/mol. The Balaban J connectivity index is 0.000000180. The average Bonchev–Trinajstić information content (AvgIpc) is 3.13. The molecule has 4 rings (SSSR count). The van der Waals surface area contributed by atoms with Crippen LogP contribution < -0.4 is 10.2 Å². The van der Waals surface area contributed by atoms with Gasteiger partial charge in [-0.3, -0.25) is 9.78 Å². The van der Waals surface area contributed by atoms with Gasteiger partial charge in [0, 0.05) is 57.6 Å². The number of aromatic nitrogens is 2. The molecule has 2 fully saturated rings. The van der Waals surface area contributed by atoms with Crippen LogP contribution in [0.1, 0.15) is 46.0 Å². The molecule has 0 atom stereocenters. The second kappa shape index (κ2) is 9.69. The van der Waals surface area contributed by atoms with Crippen molar-refractivity contribution in [3.63, 3.8) is 0 Å². The van der Waals surface area contributed by atoms with Crippen molar-refractivity contribution in [1.29, 1.82) is 0 Å². The van der Waals surface area contributed by atoms with Crippen LogP contribution in [0.5, 0.6) is 0 Å². The average molecular weight is 374 g/mol. The van der Waals surface area contributed by atoms with Crippen LogP contribution in [0.15, 0.2) is 23.0 Å². The number of rotatable bonds is 3. The summed E-state index contributed by atoms with van der Waals surface area (Å²) in [7, 11) is 0. The van der Waals surface area contributed by atoms with Gasteiger partial charge in [-0.2, -0.15) is 0 Å². The van der Waals surface area contributed by atoms with Gasteiger partial charge >= 0.3 is 0 Å². The smallest absolute Gasteiger partial charge is 0.217 e. The fraction of sp³-hybridized carbons (Fsp3) is 0.650. The van der Waals surface area contributed by atoms with Crippen molar-refractivity contribution < 1.29 is 9.32 Å². The maximum atomic E-state index is 10.6. The minimum absolute atomic E-state index is 0.118. The molecule has 0 spiro atoms. The highest BCUT2D eigenvalue weighted by atomic mass is 16.5. The van der Waals surface area contributed by atoms with Gasteiger partial charge in [0.05, 0.1) is 5.39 Å². The maximum Gasteiger partial charge on any atom is 0.217 e. The first-order valence-electron chi connectivity index (χ1n) is 10.1. The van der Waals surface area contributed by atoms with Crippen molar-refractivity contribution >= 4 is 22.7 Å². The van der Waals surface area contributed by atoms with Crippen LogP contribution in [0, 0.1) is 0 Å². The van der Waals surface area contributed by atoms with Gasteiger partial charge < -0.3 is 19.6 Å². The van der Waals surface area contributed by atoms with Crippen LogP contribution in [-0.2, 0) is 4.79 Å². The molecule has 0 aromatic carbocycles. The number of hydrogen-bond donors (Lipinski definition) is 1. The molecule has 3 heterocycles. The number of hydrogen-bond acceptors (Lipinski definition) is 6. The molecule has 1 amide bonds. The first-order valence-corrected chi connectivity index (χ1v) is 10.1. The lowest BCUT2D eigenvalue weighted by Gasteiger charge is -2.33. The van der Waals surface area contributed by atoms with Crippen molar-refractivity contribution in [3.8, 4) is 0 Å². The summed E-state index contributed by atoms with van der Waals surface area (Å²) < 4.78 is 5.31. The fourth-order valence-corrected chi connectivity index (χ4v) is 3.81. The quantitative estimate of drug-likeness (QED) is 0.892. The van der Waals surface area contributed by atoms with Gasteiger partial charge in [0.2, 0.25) is 5.91 Å². The summed E-state index contributed by atoms with van der Waals surface area (Å²) in [5.41, 5.74) is 0.813. The van der Waals surface area contributed by atoms with Crippen molar-refractivity contribution in [2.45, 2.75) is 52.0 Å². The lowest BCUT2D eigenvalue weighted by molar-refractivity contribution is -0.119. The predicted molar refractivity (Wildman–Crippen MR) is 107 cm³/mol. The maximum absolute atomic E-state index is 10.6. The second-order valence-corrected chi connectivity index (χ2v) is 7.33. The fourth-order valence-electron chi connectivity index (χ4n) is 3.81. The summed E-state index contributed by atoms with van der Waals surface area (Å²) in [6.45, 7) is 9.10. The number of carbonyl (C=O) groups is 1. The number of pyridine rings is 1. The molecule has 1 aliphatic carbocycles. The summed E-state index contributed by atoms with van der Waals surface area (Å²) in [6.07, 6.45) is 9.82. The third-order valence-electron chi connectivity index (χ3n) is 5.38. The number of likely N-dealkylation sites (N-methyl/N-ethyl adjacent to an activating group) is 1. The molecule has 0 unspecified atom stereocenters. The van der Waals surface area contributed by atoms with Crippen LogP contribution in [-0.4, -0.2) is 59.7 Å². The monoisotopic (exact) mass is 373 g/mol. The molecule has 1 saturated heterocycles. The standard InChI is InChI=1S/C12H16N4O.C8H15NO/c1-2-15-5-7-16(8-6-15)12-10-9-13-4-3-11(10)17-14-12;1-7(10)9-8-5-3-2-4-6-8/h3-4,9H,2,5-8H2,1H3;8H,2-6H2,1H3,(H,9,10). The van der Waals surface area contributed by atoms with Gasteiger partial charge in [-0.05, 0) is 19.4 Å². The molecule has 1 aliphatic heterocycles. The number of carbonyl (C=O) groups excluding carboxylic acids is 1. The van der Waals surface area contributed by atoms with E-state index >= 15 is 0 Å². The third-order valence-corrected chi connectivity index (χ3v) is 5.38. The highest BCUT2D eigenvalue weighted by Gasteiger charge is 2.20. The molecule has 7 nitrogen and oxygen atoms in total. The SMILES string of the molecule is CC(=O)NC1CCCCC1.CCN1CCN(c2noc3ccncc23)CC1. The Labute approximate surface area is 161 Å². The Hall–Kier alpha value is -2.15. The first-order chi connectivity index (χ1) is 13.2. The normalized spacial score (nSPS) is 18.8. The molecule has 27 heavy (non-hydrogen) atoms. The van der Waals surface area contributed by atoms with Gasteiger partial charge in [0.15, 0.2) is 11.4 Å². The van der Waals surface area contributed by atoms with Crippen molar-refractivity contribution in [1.82, 2.24) is 20.4 Å². The zero-order chi connectivity index (χ0) is 19.1. The topological polar surface area (TPSA) is 74.5 Å². The van der Waals surface area contributed by atoms with E-state index in [1.165, 1.54) is 32.1 Å². The number of nitrogens with one attached hydrogen (secondary N) is 1. The Morgan fingerprint density at radius 2 is 1.96 bits per heavy atom. The molecule has 7 heteroatoms. The molecule has 1 N–H and O–H groups in total. The Bertz CT molecular complexity index is 718. The van der Waals surface area contributed by atoms with Crippen molar-refractivity contribution in [2.75, 3.05) is 37.6 Å². The number of amides is 1. The zero-order valence-electron chi connectivity index (χ0n) is 16.5. The van der Waals surface area contributed by atoms with Gasteiger partial charge in [-0.15, -0.1) is 0 Å². The molecule has 2 aromatic heterocycles. The Kier molecular flexibility index (Phi) is 7.04. The highest BCUT2D eigenvalue weighted by molar-refractivity contribution is 5.87. The van der Waals surface area contributed by atoms with E-state index in [2.05, 4.69) is 32.2 Å². The van der Waals surface area contributed by atoms with E-state index in [1.54, 1.807) is 13.1 Å².